The van der Waals surface area contributed by atoms with Crippen molar-refractivity contribution in [3.8, 4) is 0 Å². The molecule has 0 atom stereocenters. The Hall–Kier alpha value is -1.02. The van der Waals surface area contributed by atoms with Crippen molar-refractivity contribution in [2.24, 2.45) is 5.92 Å². The van der Waals surface area contributed by atoms with E-state index in [1.54, 1.807) is 18.7 Å². The Morgan fingerprint density at radius 1 is 1.12 bits per heavy atom. The third-order valence-electron chi connectivity index (χ3n) is 2.78. The number of Topliss-reactive ketones (excluding diaryl/α,β-unsaturated/α-hetero) is 1. The summed E-state index contributed by atoms with van der Waals surface area (Å²) in [6, 6.07) is 8.28. The largest absolute Gasteiger partial charge is 0.294 e. The number of carbonyl (C=O) groups excluding carboxylic acids is 1. The minimum Gasteiger partial charge on any atom is -0.294 e. The van der Waals surface area contributed by atoms with Crippen LogP contribution >= 0.6 is 11.8 Å². The third-order valence-corrected chi connectivity index (χ3v) is 4.11. The Morgan fingerprint density at radius 3 is 2.06 bits per heavy atom. The molecule has 1 aromatic rings. The molecule has 1 nitrogen and oxygen atoms in total. The van der Waals surface area contributed by atoms with E-state index in [2.05, 4.69) is 45.0 Å². The second-order valence-corrected chi connectivity index (χ2v) is 5.72. The molecule has 0 N–H and O–H groups in total. The lowest BCUT2D eigenvalue weighted by Crippen LogP contribution is -2.01. The SMILES string of the molecule is CC(=O)/C(Sc1ccc(C)cc1)=C(\C)C(C)C. The third kappa shape index (κ3) is 4.04. The van der Waals surface area contributed by atoms with Crippen molar-refractivity contribution in [2.75, 3.05) is 0 Å². The van der Waals surface area contributed by atoms with E-state index in [-0.39, 0.29) is 5.78 Å². The summed E-state index contributed by atoms with van der Waals surface area (Å²) in [7, 11) is 0. The highest BCUT2D eigenvalue weighted by Crippen LogP contribution is 2.32. The number of thioether (sulfide) groups is 1. The molecule has 92 valence electrons. The maximum atomic E-state index is 11.7. The summed E-state index contributed by atoms with van der Waals surface area (Å²) in [5.74, 6) is 0.564. The van der Waals surface area contributed by atoms with Crippen LogP contribution < -0.4 is 0 Å². The Labute approximate surface area is 108 Å². The fourth-order valence-corrected chi connectivity index (χ4v) is 2.46. The van der Waals surface area contributed by atoms with E-state index in [0.717, 1.165) is 9.80 Å². The van der Waals surface area contributed by atoms with E-state index in [9.17, 15) is 4.79 Å². The number of carbonyl (C=O) groups is 1. The number of rotatable bonds is 4. The molecule has 0 aliphatic heterocycles. The zero-order chi connectivity index (χ0) is 13.0. The van der Waals surface area contributed by atoms with Crippen molar-refractivity contribution in [2.45, 2.75) is 39.5 Å². The Balaban J connectivity index is 3.00. The van der Waals surface area contributed by atoms with Gasteiger partial charge in [0, 0.05) is 4.90 Å². The highest BCUT2D eigenvalue weighted by Gasteiger charge is 2.12. The van der Waals surface area contributed by atoms with Crippen LogP contribution in [0.5, 0.6) is 0 Å². The lowest BCUT2D eigenvalue weighted by Gasteiger charge is -2.12. The molecule has 1 rings (SSSR count). The highest BCUT2D eigenvalue weighted by molar-refractivity contribution is 8.04. The Kier molecular flexibility index (Phi) is 5.01. The first-order valence-electron chi connectivity index (χ1n) is 5.88. The van der Waals surface area contributed by atoms with Crippen molar-refractivity contribution < 1.29 is 4.79 Å². The van der Waals surface area contributed by atoms with Crippen molar-refractivity contribution in [1.29, 1.82) is 0 Å². The molecule has 0 aliphatic rings. The fourth-order valence-electron chi connectivity index (χ4n) is 1.42. The van der Waals surface area contributed by atoms with Crippen molar-refractivity contribution in [3.63, 3.8) is 0 Å². The lowest BCUT2D eigenvalue weighted by atomic mass is 10.0. The molecule has 0 bridgehead atoms. The molecule has 0 saturated carbocycles. The first-order valence-corrected chi connectivity index (χ1v) is 6.69. The zero-order valence-corrected chi connectivity index (χ0v) is 12.0. The quantitative estimate of drug-likeness (QED) is 0.572. The fraction of sp³-hybridized carbons (Fsp3) is 0.400. The summed E-state index contributed by atoms with van der Waals surface area (Å²) in [5, 5.41) is 0. The minimum atomic E-state index is 0.154. The van der Waals surface area contributed by atoms with Gasteiger partial charge < -0.3 is 0 Å². The van der Waals surface area contributed by atoms with Gasteiger partial charge in [0.1, 0.15) is 0 Å². The number of ketones is 1. The van der Waals surface area contributed by atoms with Gasteiger partial charge in [-0.1, -0.05) is 48.9 Å². The molecule has 0 fully saturated rings. The maximum absolute atomic E-state index is 11.7. The molecule has 1 aromatic carbocycles. The van der Waals surface area contributed by atoms with Crippen LogP contribution in [0.3, 0.4) is 0 Å². The number of hydrogen-bond donors (Lipinski definition) is 0. The summed E-state index contributed by atoms with van der Waals surface area (Å²) in [6.07, 6.45) is 0. The van der Waals surface area contributed by atoms with E-state index in [4.69, 9.17) is 0 Å². The summed E-state index contributed by atoms with van der Waals surface area (Å²) >= 11 is 1.57. The number of allylic oxidation sites excluding steroid dienone is 2. The van der Waals surface area contributed by atoms with Crippen LogP contribution in [0.25, 0.3) is 0 Å². The van der Waals surface area contributed by atoms with Gasteiger partial charge in [-0.25, -0.2) is 0 Å². The normalized spacial score (nSPS) is 12.6. The molecule has 0 spiro atoms. The lowest BCUT2D eigenvalue weighted by molar-refractivity contribution is -0.113. The van der Waals surface area contributed by atoms with Crippen LogP contribution in [0.4, 0.5) is 0 Å². The van der Waals surface area contributed by atoms with E-state index in [1.165, 1.54) is 11.1 Å². The Morgan fingerprint density at radius 2 is 1.65 bits per heavy atom. The monoisotopic (exact) mass is 248 g/mol. The van der Waals surface area contributed by atoms with Crippen molar-refractivity contribution in [1.82, 2.24) is 0 Å². The topological polar surface area (TPSA) is 17.1 Å². The van der Waals surface area contributed by atoms with Gasteiger partial charge in [0.25, 0.3) is 0 Å². The maximum Gasteiger partial charge on any atom is 0.166 e. The van der Waals surface area contributed by atoms with Gasteiger partial charge in [0.15, 0.2) is 5.78 Å². The average Bonchev–Trinajstić information content (AvgIpc) is 2.26. The van der Waals surface area contributed by atoms with Crippen LogP contribution in [0, 0.1) is 12.8 Å². The van der Waals surface area contributed by atoms with Crippen molar-refractivity contribution in [3.05, 3.63) is 40.3 Å². The van der Waals surface area contributed by atoms with E-state index < -0.39 is 0 Å². The van der Waals surface area contributed by atoms with E-state index in [0.29, 0.717) is 5.92 Å². The summed E-state index contributed by atoms with van der Waals surface area (Å²) in [5.41, 5.74) is 2.41. The molecular formula is C15H20OS. The summed E-state index contributed by atoms with van der Waals surface area (Å²) in [6.45, 7) is 9.99. The van der Waals surface area contributed by atoms with Gasteiger partial charge in [-0.3, -0.25) is 4.79 Å². The molecule has 0 radical (unpaired) electrons. The second kappa shape index (κ2) is 6.06. The van der Waals surface area contributed by atoms with Crippen LogP contribution in [-0.2, 0) is 4.79 Å². The number of benzene rings is 1. The summed E-state index contributed by atoms with van der Waals surface area (Å²) < 4.78 is 0. The van der Waals surface area contributed by atoms with Crippen LogP contribution in [0.15, 0.2) is 39.6 Å². The summed E-state index contributed by atoms with van der Waals surface area (Å²) in [4.78, 5) is 13.7. The van der Waals surface area contributed by atoms with Crippen LogP contribution in [0.2, 0.25) is 0 Å². The molecule has 0 aromatic heterocycles. The van der Waals surface area contributed by atoms with Crippen molar-refractivity contribution >= 4 is 17.5 Å². The van der Waals surface area contributed by atoms with Gasteiger partial charge in [-0.05, 0) is 38.8 Å². The number of aryl methyl sites for hydroxylation is 1. The predicted molar refractivity (Wildman–Crippen MR) is 75.3 cm³/mol. The van der Waals surface area contributed by atoms with Gasteiger partial charge >= 0.3 is 0 Å². The zero-order valence-electron chi connectivity index (χ0n) is 11.2. The molecule has 0 saturated heterocycles. The van der Waals surface area contributed by atoms with Gasteiger partial charge in [-0.15, -0.1) is 0 Å². The van der Waals surface area contributed by atoms with Gasteiger partial charge in [0.2, 0.25) is 0 Å². The second-order valence-electron chi connectivity index (χ2n) is 4.64. The molecule has 17 heavy (non-hydrogen) atoms. The minimum absolute atomic E-state index is 0.154. The van der Waals surface area contributed by atoms with Gasteiger partial charge in [0.05, 0.1) is 4.91 Å². The van der Waals surface area contributed by atoms with Gasteiger partial charge in [-0.2, -0.15) is 0 Å². The van der Waals surface area contributed by atoms with Crippen LogP contribution in [0.1, 0.15) is 33.3 Å². The number of hydrogen-bond acceptors (Lipinski definition) is 2. The molecule has 0 unspecified atom stereocenters. The molecule has 0 aliphatic carbocycles. The van der Waals surface area contributed by atoms with E-state index in [1.807, 2.05) is 6.92 Å². The smallest absolute Gasteiger partial charge is 0.166 e. The first kappa shape index (κ1) is 14.0. The Bertz CT molecular complexity index is 427. The molecule has 0 amide bonds. The molecule has 0 heterocycles. The highest BCUT2D eigenvalue weighted by atomic mass is 32.2. The van der Waals surface area contributed by atoms with E-state index >= 15 is 0 Å². The first-order chi connectivity index (χ1) is 7.91. The predicted octanol–water partition coefficient (Wildman–Crippen LogP) is 4.61. The molecule has 2 heteroatoms. The average molecular weight is 248 g/mol. The molecular weight excluding hydrogens is 228 g/mol. The standard InChI is InChI=1S/C15H20OS/c1-10(2)12(4)15(13(5)16)17-14-8-6-11(3)7-9-14/h6-10H,1-5H3/b15-12-. The van der Waals surface area contributed by atoms with Crippen LogP contribution in [-0.4, -0.2) is 5.78 Å².